The van der Waals surface area contributed by atoms with Gasteiger partial charge in [-0.1, -0.05) is 317 Å². The van der Waals surface area contributed by atoms with E-state index in [0.29, 0.717) is 17.4 Å². The third kappa shape index (κ3) is 69.8. The average Bonchev–Trinajstić information content (AvgIpc) is 3.59. The first-order chi connectivity index (χ1) is 42.6. The van der Waals surface area contributed by atoms with E-state index in [9.17, 15) is 19.5 Å². The highest BCUT2D eigenvalue weighted by atomic mass is 16.7. The molecule has 0 aromatic carbocycles. The predicted molar refractivity (Wildman–Crippen MR) is 373 cm³/mol. The number of carbonyl (C=O) groups is 3. The first-order valence-corrected chi connectivity index (χ1v) is 36.8. The zero-order chi connectivity index (χ0) is 63.3. The third-order valence-corrected chi connectivity index (χ3v) is 16.1. The minimum absolute atomic E-state index is 0.182. The monoisotopic (exact) mass is 1220 g/mol. The number of ether oxygens (including phenoxy) is 4. The highest BCUT2D eigenvalue weighted by Crippen LogP contribution is 2.18. The lowest BCUT2D eigenvalue weighted by Gasteiger charge is -2.25. The Kier molecular flexibility index (Phi) is 65.6. The number of nitrogens with zero attached hydrogens (tertiary/aromatic N) is 1. The van der Waals surface area contributed by atoms with E-state index in [0.717, 1.165) is 77.0 Å². The molecule has 2 atom stereocenters. The molecule has 0 saturated heterocycles. The van der Waals surface area contributed by atoms with E-state index in [1.165, 1.54) is 231 Å². The van der Waals surface area contributed by atoms with Crippen LogP contribution in [0.5, 0.6) is 0 Å². The molecule has 1 N–H and O–H groups in total. The summed E-state index contributed by atoms with van der Waals surface area (Å²) < 4.78 is 23.0. The van der Waals surface area contributed by atoms with Gasteiger partial charge in [-0.25, -0.2) is 4.79 Å². The zero-order valence-corrected chi connectivity index (χ0v) is 57.7. The standard InChI is InChI=1S/C78H139NO8/c1-6-8-10-12-14-16-18-20-22-24-26-28-29-30-31-32-33-34-35-36-37-38-39-40-41-42-43-44-45-46-47-49-51-53-55-57-59-61-63-65-67-69-76(81)87-74(73-86-78(77(82)83)84-71-70-79(3,4)5)72-85-75(80)68-66-64-62-60-58-56-54-52-50-48-27-25-23-21-19-17-15-13-11-9-7-2/h8,10,14,16,19-22,25-28,30-31,74,78H,6-7,9,11-13,15,17-18,23-24,29,32-73H2,1-5H3/p+1/b10-8-,16-14-,21-19-,22-20-,27-25-,28-26-,31-30-. The first-order valence-electron chi connectivity index (χ1n) is 36.8. The van der Waals surface area contributed by atoms with E-state index < -0.39 is 24.3 Å². The van der Waals surface area contributed by atoms with E-state index in [4.69, 9.17) is 18.9 Å². The van der Waals surface area contributed by atoms with Crippen molar-refractivity contribution in [2.24, 2.45) is 0 Å². The molecule has 0 radical (unpaired) electrons. The van der Waals surface area contributed by atoms with Crippen molar-refractivity contribution in [1.82, 2.24) is 0 Å². The molecule has 0 aromatic rings. The number of carboxylic acids is 1. The Morgan fingerprint density at radius 2 is 0.655 bits per heavy atom. The molecule has 87 heavy (non-hydrogen) atoms. The van der Waals surface area contributed by atoms with Crippen molar-refractivity contribution >= 4 is 17.9 Å². The highest BCUT2D eigenvalue weighted by Gasteiger charge is 2.25. The predicted octanol–water partition coefficient (Wildman–Crippen LogP) is 23.0. The molecule has 0 fully saturated rings. The van der Waals surface area contributed by atoms with Crippen molar-refractivity contribution in [2.75, 3.05) is 47.5 Å². The van der Waals surface area contributed by atoms with Crippen LogP contribution in [0.2, 0.25) is 0 Å². The van der Waals surface area contributed by atoms with Gasteiger partial charge in [0, 0.05) is 12.8 Å². The van der Waals surface area contributed by atoms with E-state index in [-0.39, 0.29) is 32.2 Å². The number of carboxylic acid groups (broad SMARTS) is 1. The Hall–Kier alpha value is -3.53. The molecule has 0 spiro atoms. The van der Waals surface area contributed by atoms with Gasteiger partial charge in [-0.2, -0.15) is 0 Å². The Morgan fingerprint density at radius 1 is 0.356 bits per heavy atom. The van der Waals surface area contributed by atoms with Gasteiger partial charge in [0.1, 0.15) is 13.2 Å². The van der Waals surface area contributed by atoms with Crippen LogP contribution in [0.25, 0.3) is 0 Å². The molecule has 0 heterocycles. The van der Waals surface area contributed by atoms with Crippen molar-refractivity contribution in [1.29, 1.82) is 0 Å². The average molecular weight is 1220 g/mol. The Morgan fingerprint density at radius 3 is 0.977 bits per heavy atom. The number of likely N-dealkylation sites (N-methyl/N-ethyl adjacent to an activating group) is 1. The maximum atomic E-state index is 13.0. The Labute approximate surface area is 538 Å². The molecular formula is C78H140NO8+. The Balaban J connectivity index is 3.98. The number of quaternary nitrogens is 1. The van der Waals surface area contributed by atoms with Gasteiger partial charge in [0.2, 0.25) is 0 Å². The maximum absolute atomic E-state index is 13.0. The normalized spacial score (nSPS) is 13.2. The lowest BCUT2D eigenvalue weighted by Crippen LogP contribution is -2.40. The smallest absolute Gasteiger partial charge is 0.361 e. The summed E-state index contributed by atoms with van der Waals surface area (Å²) in [6, 6.07) is 0. The van der Waals surface area contributed by atoms with Crippen LogP contribution in [0.3, 0.4) is 0 Å². The highest BCUT2D eigenvalue weighted by molar-refractivity contribution is 5.71. The van der Waals surface area contributed by atoms with E-state index in [1.54, 1.807) is 0 Å². The zero-order valence-electron chi connectivity index (χ0n) is 57.7. The van der Waals surface area contributed by atoms with E-state index in [1.807, 2.05) is 21.1 Å². The lowest BCUT2D eigenvalue weighted by atomic mass is 10.0. The third-order valence-electron chi connectivity index (χ3n) is 16.1. The first kappa shape index (κ1) is 83.5. The largest absolute Gasteiger partial charge is 0.477 e. The molecule has 0 amide bonds. The van der Waals surface area contributed by atoms with Gasteiger partial charge in [0.05, 0.1) is 34.4 Å². The minimum atomic E-state index is -1.51. The summed E-state index contributed by atoms with van der Waals surface area (Å²) in [7, 11) is 5.98. The number of carbonyl (C=O) groups excluding carboxylic acids is 2. The second-order valence-electron chi connectivity index (χ2n) is 25.9. The molecule has 9 nitrogen and oxygen atoms in total. The summed E-state index contributed by atoms with van der Waals surface area (Å²) in [6.45, 7) is 4.79. The van der Waals surface area contributed by atoms with Gasteiger partial charge in [-0.05, 0) is 89.9 Å². The van der Waals surface area contributed by atoms with E-state index >= 15 is 0 Å². The fraction of sp³-hybridized carbons (Fsp3) is 0.782. The molecule has 504 valence electrons. The molecule has 0 rings (SSSR count). The maximum Gasteiger partial charge on any atom is 0.361 e. The van der Waals surface area contributed by atoms with Gasteiger partial charge < -0.3 is 28.5 Å². The molecule has 0 aliphatic rings. The van der Waals surface area contributed by atoms with Crippen LogP contribution in [-0.2, 0) is 33.3 Å². The van der Waals surface area contributed by atoms with E-state index in [2.05, 4.69) is 98.9 Å². The van der Waals surface area contributed by atoms with Crippen molar-refractivity contribution < 1.29 is 42.9 Å². The SMILES string of the molecule is CC/C=C\C/C=C\C/C=C\C/C=C\C/C=C\CCCCCCCCCCCCCCCCCCCCCCCCCCCC(=O)OC(COC(=O)CCCCCCCCCCC/C=C\C/C=C\CCCCCCC)COC(OCC[N+](C)(C)C)C(=O)O. The summed E-state index contributed by atoms with van der Waals surface area (Å²) in [5.74, 6) is -1.99. The summed E-state index contributed by atoms with van der Waals surface area (Å²) >= 11 is 0. The second kappa shape index (κ2) is 68.4. The molecule has 0 aromatic heterocycles. The van der Waals surface area contributed by atoms with Gasteiger partial charge in [-0.15, -0.1) is 0 Å². The summed E-state index contributed by atoms with van der Waals surface area (Å²) in [6.07, 6.45) is 90.0. The molecule has 0 saturated carbocycles. The molecule has 0 aliphatic heterocycles. The van der Waals surface area contributed by atoms with Crippen LogP contribution in [0, 0.1) is 0 Å². The number of unbranched alkanes of at least 4 members (excludes halogenated alkanes) is 39. The molecule has 0 aliphatic carbocycles. The number of esters is 2. The van der Waals surface area contributed by atoms with Crippen LogP contribution in [0.1, 0.15) is 335 Å². The van der Waals surface area contributed by atoms with Crippen LogP contribution in [-0.4, -0.2) is 87.4 Å². The van der Waals surface area contributed by atoms with Crippen molar-refractivity contribution in [3.8, 4) is 0 Å². The van der Waals surface area contributed by atoms with Gasteiger partial charge in [-0.3, -0.25) is 9.59 Å². The fourth-order valence-electron chi connectivity index (χ4n) is 10.5. The summed E-state index contributed by atoms with van der Waals surface area (Å²) in [5, 5.41) is 9.75. The lowest BCUT2D eigenvalue weighted by molar-refractivity contribution is -0.870. The number of hydrogen-bond donors (Lipinski definition) is 1. The van der Waals surface area contributed by atoms with Crippen molar-refractivity contribution in [3.63, 3.8) is 0 Å². The number of rotatable bonds is 68. The molecule has 2 unspecified atom stereocenters. The van der Waals surface area contributed by atoms with Gasteiger partial charge in [0.25, 0.3) is 6.29 Å². The fourth-order valence-corrected chi connectivity index (χ4v) is 10.5. The van der Waals surface area contributed by atoms with Crippen molar-refractivity contribution in [2.45, 2.75) is 347 Å². The van der Waals surface area contributed by atoms with Crippen LogP contribution >= 0.6 is 0 Å². The summed E-state index contributed by atoms with van der Waals surface area (Å²) in [4.78, 5) is 37.6. The Bertz CT molecular complexity index is 1700. The quantitative estimate of drug-likeness (QED) is 0.0211. The number of hydrogen-bond acceptors (Lipinski definition) is 7. The number of allylic oxidation sites excluding steroid dienone is 14. The number of aliphatic carboxylic acids is 1. The van der Waals surface area contributed by atoms with Crippen LogP contribution in [0.4, 0.5) is 0 Å². The molecule has 0 bridgehead atoms. The van der Waals surface area contributed by atoms with Crippen LogP contribution < -0.4 is 0 Å². The molecular weight excluding hydrogens is 1080 g/mol. The van der Waals surface area contributed by atoms with Gasteiger partial charge >= 0.3 is 17.9 Å². The van der Waals surface area contributed by atoms with Gasteiger partial charge in [0.15, 0.2) is 6.10 Å². The van der Waals surface area contributed by atoms with Crippen molar-refractivity contribution in [3.05, 3.63) is 85.1 Å². The topological polar surface area (TPSA) is 108 Å². The molecule has 9 heteroatoms. The second-order valence-corrected chi connectivity index (χ2v) is 25.9. The minimum Gasteiger partial charge on any atom is -0.477 e. The summed E-state index contributed by atoms with van der Waals surface area (Å²) in [5.41, 5.74) is 0. The van der Waals surface area contributed by atoms with Crippen LogP contribution in [0.15, 0.2) is 85.1 Å².